The molecule has 2 N–H and O–H groups in total. The van der Waals surface area contributed by atoms with Gasteiger partial charge in [-0.1, -0.05) is 25.1 Å². The summed E-state index contributed by atoms with van der Waals surface area (Å²) in [7, 11) is 0. The van der Waals surface area contributed by atoms with E-state index in [0.29, 0.717) is 22.8 Å². The van der Waals surface area contributed by atoms with Gasteiger partial charge in [0.2, 0.25) is 0 Å². The van der Waals surface area contributed by atoms with Gasteiger partial charge in [-0.25, -0.2) is 0 Å². The molecule has 0 amide bonds. The van der Waals surface area contributed by atoms with Crippen molar-refractivity contribution >= 4 is 18.1 Å². The Morgan fingerprint density at radius 3 is 1.75 bits per heavy atom. The number of para-hydroxylation sites is 1. The lowest BCUT2D eigenvalue weighted by atomic mass is 9.81. The molecule has 2 heterocycles. The zero-order chi connectivity index (χ0) is 31.2. The maximum Gasteiger partial charge on any atom is 0.173 e. The number of aromatic nitrogens is 8. The topological polar surface area (TPSA) is 156 Å². The van der Waals surface area contributed by atoms with Gasteiger partial charge in [0.15, 0.2) is 11.6 Å². The second kappa shape index (κ2) is 13.2. The fourth-order valence-corrected chi connectivity index (χ4v) is 5.12. The van der Waals surface area contributed by atoms with Crippen molar-refractivity contribution in [2.75, 3.05) is 11.4 Å². The first-order valence-electron chi connectivity index (χ1n) is 14.4. The number of aryl methyl sites for hydroxylation is 2. The summed E-state index contributed by atoms with van der Waals surface area (Å²) in [6.45, 7) is 10.8. The lowest BCUT2D eigenvalue weighted by molar-refractivity contribution is 0.458. The lowest BCUT2D eigenvalue weighted by Gasteiger charge is -2.34. The maximum absolute atomic E-state index is 11.4. The van der Waals surface area contributed by atoms with Gasteiger partial charge in [0.1, 0.15) is 11.5 Å². The molecule has 0 aliphatic rings. The number of tetrazole rings is 2. The minimum atomic E-state index is -0.560. The van der Waals surface area contributed by atoms with Gasteiger partial charge in [-0.05, 0) is 114 Å². The van der Waals surface area contributed by atoms with Crippen molar-refractivity contribution < 1.29 is 10.2 Å². The number of rotatable bonds is 11. The molecule has 5 rings (SSSR count). The summed E-state index contributed by atoms with van der Waals surface area (Å²) in [5, 5.41) is 54.2. The Hall–Kier alpha value is -5.46. The summed E-state index contributed by atoms with van der Waals surface area (Å²) >= 11 is 0. The van der Waals surface area contributed by atoms with Crippen LogP contribution in [0.2, 0.25) is 0 Å². The lowest BCUT2D eigenvalue weighted by Crippen LogP contribution is -2.33. The van der Waals surface area contributed by atoms with Gasteiger partial charge in [-0.15, -0.1) is 19.8 Å². The molecular weight excluding hydrogens is 558 g/mol. The van der Waals surface area contributed by atoms with E-state index >= 15 is 0 Å². The fourth-order valence-electron chi connectivity index (χ4n) is 5.12. The summed E-state index contributed by atoms with van der Waals surface area (Å²) in [6, 6.07) is 18.9. The van der Waals surface area contributed by atoms with E-state index in [1.165, 1.54) is 9.58 Å². The van der Waals surface area contributed by atoms with Crippen LogP contribution >= 0.6 is 0 Å². The molecule has 0 fully saturated rings. The van der Waals surface area contributed by atoms with Gasteiger partial charge in [0.25, 0.3) is 0 Å². The van der Waals surface area contributed by atoms with Gasteiger partial charge in [0.05, 0.1) is 12.4 Å². The van der Waals surface area contributed by atoms with Crippen LogP contribution in [0.4, 0.5) is 5.69 Å². The maximum atomic E-state index is 11.4. The van der Waals surface area contributed by atoms with Crippen molar-refractivity contribution in [3.8, 4) is 11.5 Å². The van der Waals surface area contributed by atoms with Crippen molar-refractivity contribution in [3.05, 3.63) is 100 Å². The number of phenols is 2. The predicted octanol–water partition coefficient (Wildman–Crippen LogP) is 4.26. The molecule has 0 spiro atoms. The minimum Gasteiger partial charge on any atom is -0.508 e. The van der Waals surface area contributed by atoms with E-state index in [-0.39, 0.29) is 17.5 Å². The van der Waals surface area contributed by atoms with E-state index in [4.69, 9.17) is 0 Å². The third-order valence-electron chi connectivity index (χ3n) is 7.59. The zero-order valence-corrected chi connectivity index (χ0v) is 25.3. The summed E-state index contributed by atoms with van der Waals surface area (Å²) in [5.74, 6) is 0.675. The van der Waals surface area contributed by atoms with E-state index in [1.54, 1.807) is 50.5 Å². The Morgan fingerprint density at radius 1 is 0.773 bits per heavy atom. The van der Waals surface area contributed by atoms with Crippen LogP contribution in [0.3, 0.4) is 0 Å². The van der Waals surface area contributed by atoms with Crippen LogP contribution in [0.25, 0.3) is 0 Å². The number of aromatic hydroxyl groups is 2. The minimum absolute atomic E-state index is 0.0786. The number of benzene rings is 3. The third-order valence-corrected chi connectivity index (χ3v) is 7.59. The molecule has 0 radical (unpaired) electrons. The Labute approximate surface area is 255 Å². The highest BCUT2D eigenvalue weighted by Gasteiger charge is 2.28. The molecule has 0 saturated heterocycles. The number of nitrogens with zero attached hydrogens (tertiary/aromatic N) is 11. The second-order valence-corrected chi connectivity index (χ2v) is 10.4. The molecule has 226 valence electrons. The molecule has 13 nitrogen and oxygen atoms in total. The van der Waals surface area contributed by atoms with Crippen molar-refractivity contribution in [1.29, 1.82) is 0 Å². The first-order chi connectivity index (χ1) is 21.3. The molecule has 1 atom stereocenters. The summed E-state index contributed by atoms with van der Waals surface area (Å²) in [5.41, 5.74) is 4.56. The summed E-state index contributed by atoms with van der Waals surface area (Å²) in [6.07, 6.45) is 4.21. The first kappa shape index (κ1) is 30.0. The SMILES string of the molecule is CCC(C)N(CC)c1ccccc1C(c1cc(C=Nn2nnnc2C)ccc1O)c1cc(C=Nn2nnnc2C)ccc1O. The molecular formula is C31H35N11O2. The molecule has 1 unspecified atom stereocenters. The highest BCUT2D eigenvalue weighted by Crippen LogP contribution is 2.44. The van der Waals surface area contributed by atoms with Crippen LogP contribution in [0, 0.1) is 13.8 Å². The number of hydrogen-bond donors (Lipinski definition) is 2. The van der Waals surface area contributed by atoms with Gasteiger partial charge in [-0.2, -0.15) is 10.2 Å². The van der Waals surface area contributed by atoms with Crippen molar-refractivity contribution in [3.63, 3.8) is 0 Å². The van der Waals surface area contributed by atoms with Gasteiger partial charge in [0, 0.05) is 35.3 Å². The second-order valence-electron chi connectivity index (χ2n) is 10.4. The molecule has 0 aliphatic heterocycles. The van der Waals surface area contributed by atoms with E-state index in [1.807, 2.05) is 30.3 Å². The zero-order valence-electron chi connectivity index (χ0n) is 25.3. The number of phenolic OH excluding ortho intramolecular Hbond substituents is 2. The highest BCUT2D eigenvalue weighted by atomic mass is 16.3. The van der Waals surface area contributed by atoms with Gasteiger partial charge in [-0.3, -0.25) is 0 Å². The van der Waals surface area contributed by atoms with Crippen LogP contribution < -0.4 is 4.90 Å². The third kappa shape index (κ3) is 6.31. The van der Waals surface area contributed by atoms with Crippen molar-refractivity contribution in [1.82, 2.24) is 40.6 Å². The molecule has 0 saturated carbocycles. The van der Waals surface area contributed by atoms with E-state index in [2.05, 4.69) is 73.0 Å². The molecule has 44 heavy (non-hydrogen) atoms. The largest absolute Gasteiger partial charge is 0.508 e. The van der Waals surface area contributed by atoms with E-state index in [0.717, 1.165) is 35.3 Å². The molecule has 5 aromatic rings. The predicted molar refractivity (Wildman–Crippen MR) is 167 cm³/mol. The van der Waals surface area contributed by atoms with Crippen LogP contribution in [0.15, 0.2) is 70.9 Å². The normalized spacial score (nSPS) is 13.1. The molecule has 2 aromatic heterocycles. The van der Waals surface area contributed by atoms with Crippen LogP contribution in [0.1, 0.15) is 72.6 Å². The Bertz CT molecular complexity index is 1690. The van der Waals surface area contributed by atoms with Crippen molar-refractivity contribution in [2.45, 2.75) is 53.0 Å². The smallest absolute Gasteiger partial charge is 0.173 e. The summed E-state index contributed by atoms with van der Waals surface area (Å²) < 4.78 is 0. The van der Waals surface area contributed by atoms with Crippen LogP contribution in [0.5, 0.6) is 11.5 Å². The Morgan fingerprint density at radius 2 is 1.30 bits per heavy atom. The van der Waals surface area contributed by atoms with Crippen LogP contribution in [-0.4, -0.2) is 75.9 Å². The Balaban J connectivity index is 1.69. The quantitative estimate of drug-likeness (QED) is 0.169. The average Bonchev–Trinajstić information content (AvgIpc) is 3.65. The fraction of sp³-hybridized carbons (Fsp3) is 0.290. The van der Waals surface area contributed by atoms with Gasteiger partial charge < -0.3 is 15.1 Å². The van der Waals surface area contributed by atoms with Gasteiger partial charge >= 0.3 is 0 Å². The average molecular weight is 594 g/mol. The highest BCUT2D eigenvalue weighted by molar-refractivity contribution is 5.82. The summed E-state index contributed by atoms with van der Waals surface area (Å²) in [4.78, 5) is 4.99. The molecule has 13 heteroatoms. The molecule has 0 aliphatic carbocycles. The number of anilines is 1. The van der Waals surface area contributed by atoms with Crippen LogP contribution in [-0.2, 0) is 0 Å². The van der Waals surface area contributed by atoms with Crippen molar-refractivity contribution in [2.24, 2.45) is 10.2 Å². The molecule has 3 aromatic carbocycles. The van der Waals surface area contributed by atoms with E-state index in [9.17, 15) is 10.2 Å². The van der Waals surface area contributed by atoms with E-state index < -0.39 is 5.92 Å². The number of hydrogen-bond acceptors (Lipinski definition) is 11. The monoisotopic (exact) mass is 593 g/mol. The molecule has 0 bridgehead atoms. The first-order valence-corrected chi connectivity index (χ1v) is 14.4. The Kier molecular flexibility index (Phi) is 9.03. The standard InChI is InChI=1S/C31H35N11O2/c1-6-20(3)40(7-2)28-11-9-8-10-25(28)31(26-16-23(12-14-29(26)43)18-32-41-21(4)34-36-38-41)27-17-24(13-15-30(27)44)19-33-42-22(5)35-37-39-42/h8-20,31,43-44H,6-7H2,1-5H3.